The number of likely N-dealkylation sites (tertiary alicyclic amines) is 1. The summed E-state index contributed by atoms with van der Waals surface area (Å²) in [5.41, 5.74) is 1.68. The average molecular weight is 610 g/mol. The van der Waals surface area contributed by atoms with Gasteiger partial charge in [0.05, 0.1) is 19.4 Å². The summed E-state index contributed by atoms with van der Waals surface area (Å²) in [7, 11) is 0. The molecule has 232 valence electrons. The van der Waals surface area contributed by atoms with Crippen molar-refractivity contribution in [2.24, 2.45) is 0 Å². The Morgan fingerprint density at radius 1 is 0.822 bits per heavy atom. The van der Waals surface area contributed by atoms with E-state index in [1.807, 2.05) is 60.7 Å². The first kappa shape index (κ1) is 30.0. The van der Waals surface area contributed by atoms with Crippen LogP contribution < -0.4 is 19.5 Å². The molecule has 45 heavy (non-hydrogen) atoms. The number of aromatic nitrogens is 2. The number of nitrogens with one attached hydrogen (secondary N) is 1. The summed E-state index contributed by atoms with van der Waals surface area (Å²) >= 11 is 0. The van der Waals surface area contributed by atoms with Gasteiger partial charge in [0.2, 0.25) is 5.88 Å². The molecule has 2 aromatic heterocycles. The fraction of sp³-hybridized carbons (Fsp3) is 0.294. The van der Waals surface area contributed by atoms with Crippen LogP contribution >= 0.6 is 0 Å². The minimum absolute atomic E-state index is 0.0119. The second-order valence-corrected chi connectivity index (χ2v) is 10.8. The predicted octanol–water partition coefficient (Wildman–Crippen LogP) is 5.40. The van der Waals surface area contributed by atoms with Crippen LogP contribution in [0.5, 0.6) is 23.1 Å². The molecule has 0 radical (unpaired) electrons. The first-order chi connectivity index (χ1) is 22.1. The Bertz CT molecular complexity index is 1540. The average Bonchev–Trinajstić information content (AvgIpc) is 3.08. The number of pyridine rings is 2. The highest BCUT2D eigenvalue weighted by molar-refractivity contribution is 6.03. The van der Waals surface area contributed by atoms with Crippen molar-refractivity contribution in [3.63, 3.8) is 0 Å². The van der Waals surface area contributed by atoms with Crippen LogP contribution in [0.25, 0.3) is 0 Å². The minimum atomic E-state index is -0.444. The summed E-state index contributed by atoms with van der Waals surface area (Å²) in [6, 6.07) is 23.7. The summed E-state index contributed by atoms with van der Waals surface area (Å²) in [6.07, 6.45) is 4.01. The lowest BCUT2D eigenvalue weighted by atomic mass is 10.1. The molecule has 0 atom stereocenters. The van der Waals surface area contributed by atoms with Gasteiger partial charge in [-0.3, -0.25) is 9.69 Å². The first-order valence-electron chi connectivity index (χ1n) is 15.1. The molecule has 11 heteroatoms. The molecule has 0 aliphatic carbocycles. The van der Waals surface area contributed by atoms with Gasteiger partial charge >= 0.3 is 6.09 Å². The number of hydrogen-bond acceptors (Lipinski definition) is 9. The van der Waals surface area contributed by atoms with Crippen molar-refractivity contribution in [3.8, 4) is 23.1 Å². The highest BCUT2D eigenvalue weighted by atomic mass is 16.6. The zero-order valence-electron chi connectivity index (χ0n) is 24.8. The van der Waals surface area contributed by atoms with Crippen LogP contribution in [-0.2, 0) is 11.3 Å². The topological polar surface area (TPSA) is 115 Å². The van der Waals surface area contributed by atoms with Gasteiger partial charge in [-0.05, 0) is 60.2 Å². The molecule has 0 bridgehead atoms. The third-order valence-corrected chi connectivity index (χ3v) is 7.60. The highest BCUT2D eigenvalue weighted by Crippen LogP contribution is 2.25. The first-order valence-corrected chi connectivity index (χ1v) is 15.1. The Hall–Kier alpha value is -5.00. The number of piperidine rings is 1. The maximum atomic E-state index is 12.8. The SMILES string of the molecule is O=C(Nc1ccc(OC(=O)N2CCC(Oc3ccc(Oc4ccccn4)cc3)CC2)cn1)c1ccc(CN2CCOCC2)cc1. The number of amides is 2. The third-order valence-electron chi connectivity index (χ3n) is 7.60. The minimum Gasteiger partial charge on any atom is -0.490 e. The molecule has 4 aromatic rings. The molecule has 11 nitrogen and oxygen atoms in total. The van der Waals surface area contributed by atoms with Crippen LogP contribution in [0.3, 0.4) is 0 Å². The lowest BCUT2D eigenvalue weighted by molar-refractivity contribution is 0.0342. The fourth-order valence-electron chi connectivity index (χ4n) is 5.11. The molecule has 0 unspecified atom stereocenters. The van der Waals surface area contributed by atoms with Gasteiger partial charge in [0.25, 0.3) is 5.91 Å². The quantitative estimate of drug-likeness (QED) is 0.267. The van der Waals surface area contributed by atoms with Gasteiger partial charge in [0.1, 0.15) is 23.4 Å². The van der Waals surface area contributed by atoms with E-state index >= 15 is 0 Å². The van der Waals surface area contributed by atoms with Crippen LogP contribution in [0, 0.1) is 0 Å². The lowest BCUT2D eigenvalue weighted by Gasteiger charge is -2.31. The number of morpholine rings is 1. The Morgan fingerprint density at radius 3 is 2.24 bits per heavy atom. The molecule has 0 saturated carbocycles. The largest absolute Gasteiger partial charge is 0.490 e. The van der Waals surface area contributed by atoms with Crippen molar-refractivity contribution in [3.05, 3.63) is 102 Å². The molecule has 2 aliphatic heterocycles. The van der Waals surface area contributed by atoms with E-state index < -0.39 is 6.09 Å². The molecule has 2 aliphatic rings. The number of carbonyl (C=O) groups is 2. The summed E-state index contributed by atoms with van der Waals surface area (Å²) in [5, 5.41) is 2.79. The van der Waals surface area contributed by atoms with Gasteiger partial charge in [0.15, 0.2) is 5.75 Å². The molecule has 6 rings (SSSR count). The highest BCUT2D eigenvalue weighted by Gasteiger charge is 2.25. The number of nitrogens with zero attached hydrogens (tertiary/aromatic N) is 4. The van der Waals surface area contributed by atoms with Crippen LogP contribution in [0.2, 0.25) is 0 Å². The van der Waals surface area contributed by atoms with E-state index in [1.165, 1.54) is 6.20 Å². The maximum Gasteiger partial charge on any atom is 0.415 e. The van der Waals surface area contributed by atoms with Crippen molar-refractivity contribution >= 4 is 17.8 Å². The van der Waals surface area contributed by atoms with Crippen molar-refractivity contribution in [2.45, 2.75) is 25.5 Å². The van der Waals surface area contributed by atoms with Gasteiger partial charge in [0, 0.05) is 63.4 Å². The second kappa shape index (κ2) is 14.7. The van der Waals surface area contributed by atoms with E-state index in [9.17, 15) is 9.59 Å². The summed E-state index contributed by atoms with van der Waals surface area (Å²) < 4.78 is 22.8. The molecular weight excluding hydrogens is 574 g/mol. The number of rotatable bonds is 9. The Kier molecular flexibility index (Phi) is 9.78. The zero-order valence-corrected chi connectivity index (χ0v) is 24.8. The predicted molar refractivity (Wildman–Crippen MR) is 167 cm³/mol. The van der Waals surface area contributed by atoms with E-state index in [-0.39, 0.29) is 12.0 Å². The molecule has 1 N–H and O–H groups in total. The van der Waals surface area contributed by atoms with Gasteiger partial charge < -0.3 is 29.2 Å². The van der Waals surface area contributed by atoms with Crippen LogP contribution in [0.4, 0.5) is 10.6 Å². The number of hydrogen-bond donors (Lipinski definition) is 1. The van der Waals surface area contributed by atoms with Crippen LogP contribution in [-0.4, -0.2) is 77.3 Å². The maximum absolute atomic E-state index is 12.8. The van der Waals surface area contributed by atoms with Crippen molar-refractivity contribution in [1.29, 1.82) is 0 Å². The molecule has 0 spiro atoms. The smallest absolute Gasteiger partial charge is 0.415 e. The van der Waals surface area contributed by atoms with Gasteiger partial charge in [-0.15, -0.1) is 0 Å². The lowest BCUT2D eigenvalue weighted by Crippen LogP contribution is -2.43. The van der Waals surface area contributed by atoms with Gasteiger partial charge in [-0.1, -0.05) is 18.2 Å². The molecule has 2 amide bonds. The van der Waals surface area contributed by atoms with Crippen molar-refractivity contribution in [1.82, 2.24) is 19.8 Å². The van der Waals surface area contributed by atoms with E-state index in [2.05, 4.69) is 20.2 Å². The summed E-state index contributed by atoms with van der Waals surface area (Å²) in [4.78, 5) is 37.9. The number of carbonyl (C=O) groups excluding carboxylic acids is 2. The zero-order chi connectivity index (χ0) is 30.8. The molecule has 4 heterocycles. The number of ether oxygens (including phenoxy) is 4. The van der Waals surface area contributed by atoms with E-state index in [0.29, 0.717) is 54.7 Å². The van der Waals surface area contributed by atoms with E-state index in [4.69, 9.17) is 18.9 Å². The Morgan fingerprint density at radius 2 is 1.56 bits per heavy atom. The molecule has 2 aromatic carbocycles. The number of benzene rings is 2. The van der Waals surface area contributed by atoms with E-state index in [1.54, 1.807) is 29.3 Å². The Labute approximate surface area is 261 Å². The summed E-state index contributed by atoms with van der Waals surface area (Å²) in [5.74, 6) is 2.35. The second-order valence-electron chi connectivity index (χ2n) is 10.8. The van der Waals surface area contributed by atoms with Gasteiger partial charge in [-0.25, -0.2) is 14.8 Å². The fourth-order valence-corrected chi connectivity index (χ4v) is 5.11. The normalized spacial score (nSPS) is 15.7. The van der Waals surface area contributed by atoms with Crippen molar-refractivity contribution < 1.29 is 28.5 Å². The molecular formula is C34H35N5O6. The summed E-state index contributed by atoms with van der Waals surface area (Å²) in [6.45, 7) is 5.18. The van der Waals surface area contributed by atoms with E-state index in [0.717, 1.165) is 44.2 Å². The Balaban J connectivity index is 0.919. The van der Waals surface area contributed by atoms with Crippen LogP contribution in [0.1, 0.15) is 28.8 Å². The monoisotopic (exact) mass is 609 g/mol. The molecule has 2 fully saturated rings. The number of anilines is 1. The third kappa shape index (κ3) is 8.55. The van der Waals surface area contributed by atoms with Gasteiger partial charge in [-0.2, -0.15) is 0 Å². The van der Waals surface area contributed by atoms with Crippen LogP contribution in [0.15, 0.2) is 91.3 Å². The molecule has 2 saturated heterocycles. The van der Waals surface area contributed by atoms with Crippen molar-refractivity contribution in [2.75, 3.05) is 44.7 Å². The standard InChI is InChI=1S/C34H35N5O6/c40-33(26-6-4-25(5-7-26)24-38-19-21-42-22-20-38)37-31-13-12-30(23-36-31)45-34(41)39-17-14-29(15-18-39)43-27-8-10-28(11-9-27)44-32-3-1-2-16-35-32/h1-13,16,23,29H,14-15,17-22,24H2,(H,36,37,40).